The number of halogens is 2. The molecule has 1 heterocycles. The topological polar surface area (TPSA) is 46.3 Å². The summed E-state index contributed by atoms with van der Waals surface area (Å²) in [6, 6.07) is 10.7. The predicted octanol–water partition coefficient (Wildman–Crippen LogP) is 3.78. The summed E-state index contributed by atoms with van der Waals surface area (Å²) >= 11 is 12.2. The zero-order chi connectivity index (χ0) is 14.3. The van der Waals surface area contributed by atoms with Crippen molar-refractivity contribution in [2.24, 2.45) is 0 Å². The molecule has 0 saturated carbocycles. The molecule has 3 rings (SSSR count). The minimum Gasteiger partial charge on any atom is -0.399 e. The molecule has 1 aliphatic heterocycles. The lowest BCUT2D eigenvalue weighted by Crippen LogP contribution is -2.29. The third-order valence-corrected chi connectivity index (χ3v) is 4.06. The quantitative estimate of drug-likeness (QED) is 0.815. The van der Waals surface area contributed by atoms with Crippen molar-refractivity contribution in [2.75, 3.05) is 17.2 Å². The predicted molar refractivity (Wildman–Crippen MR) is 82.7 cm³/mol. The lowest BCUT2D eigenvalue weighted by molar-refractivity contribution is 0.0989. The van der Waals surface area contributed by atoms with E-state index in [1.165, 1.54) is 0 Å². The molecule has 1 aliphatic rings. The van der Waals surface area contributed by atoms with Gasteiger partial charge in [-0.1, -0.05) is 35.3 Å². The van der Waals surface area contributed by atoms with Gasteiger partial charge in [-0.3, -0.25) is 4.79 Å². The van der Waals surface area contributed by atoms with Gasteiger partial charge in [0.05, 0.1) is 15.6 Å². The van der Waals surface area contributed by atoms with E-state index in [2.05, 4.69) is 0 Å². The number of hydrogen-bond donors (Lipinski definition) is 1. The number of nitrogens with zero attached hydrogens (tertiary/aromatic N) is 1. The fourth-order valence-corrected chi connectivity index (χ4v) is 3.00. The number of carbonyl (C=O) groups is 1. The normalized spacial score (nSPS) is 13.4. The van der Waals surface area contributed by atoms with Crippen LogP contribution in [0.25, 0.3) is 0 Å². The van der Waals surface area contributed by atoms with Crippen LogP contribution in [0.15, 0.2) is 36.4 Å². The summed E-state index contributed by atoms with van der Waals surface area (Å²) in [5, 5.41) is 0.722. The van der Waals surface area contributed by atoms with Gasteiger partial charge in [-0.25, -0.2) is 0 Å². The van der Waals surface area contributed by atoms with Crippen LogP contribution in [0.1, 0.15) is 15.9 Å². The molecule has 0 radical (unpaired) electrons. The molecular weight excluding hydrogens is 295 g/mol. The molecule has 2 aromatic rings. The highest BCUT2D eigenvalue weighted by molar-refractivity contribution is 6.40. The Kier molecular flexibility index (Phi) is 3.32. The van der Waals surface area contributed by atoms with Crippen molar-refractivity contribution in [3.05, 3.63) is 57.6 Å². The fraction of sp³-hybridized carbons (Fsp3) is 0.133. The first-order chi connectivity index (χ1) is 9.58. The van der Waals surface area contributed by atoms with Crippen molar-refractivity contribution in [3.8, 4) is 0 Å². The Balaban J connectivity index is 2.04. The molecule has 0 aliphatic carbocycles. The summed E-state index contributed by atoms with van der Waals surface area (Å²) in [5.41, 5.74) is 8.72. The highest BCUT2D eigenvalue weighted by Crippen LogP contribution is 2.34. The maximum absolute atomic E-state index is 12.7. The van der Waals surface area contributed by atoms with Crippen molar-refractivity contribution in [1.29, 1.82) is 0 Å². The largest absolute Gasteiger partial charge is 0.399 e. The Bertz CT molecular complexity index is 680. The zero-order valence-electron chi connectivity index (χ0n) is 10.6. The number of benzene rings is 2. The molecule has 5 heteroatoms. The molecule has 0 spiro atoms. The van der Waals surface area contributed by atoms with Gasteiger partial charge in [0.25, 0.3) is 5.91 Å². The molecule has 2 aromatic carbocycles. The first-order valence-electron chi connectivity index (χ1n) is 6.22. The Morgan fingerprint density at radius 3 is 2.55 bits per heavy atom. The van der Waals surface area contributed by atoms with Gasteiger partial charge in [-0.2, -0.15) is 0 Å². The van der Waals surface area contributed by atoms with Gasteiger partial charge in [-0.15, -0.1) is 0 Å². The van der Waals surface area contributed by atoms with Crippen molar-refractivity contribution in [2.45, 2.75) is 6.42 Å². The number of carbonyl (C=O) groups excluding carboxylic acids is 1. The SMILES string of the molecule is Nc1ccc2c(c1)N(C(=O)c1c(Cl)cccc1Cl)CC2. The van der Waals surface area contributed by atoms with Crippen LogP contribution < -0.4 is 10.6 Å². The second kappa shape index (κ2) is 5.00. The van der Waals surface area contributed by atoms with E-state index in [-0.39, 0.29) is 5.91 Å². The molecule has 3 nitrogen and oxygen atoms in total. The van der Waals surface area contributed by atoms with E-state index in [1.54, 1.807) is 23.1 Å². The lowest BCUT2D eigenvalue weighted by Gasteiger charge is -2.19. The van der Waals surface area contributed by atoms with Crippen molar-refractivity contribution in [1.82, 2.24) is 0 Å². The minimum atomic E-state index is -0.190. The van der Waals surface area contributed by atoms with Gasteiger partial charge >= 0.3 is 0 Å². The van der Waals surface area contributed by atoms with Crippen molar-refractivity contribution < 1.29 is 4.79 Å². The number of anilines is 2. The van der Waals surface area contributed by atoms with E-state index in [0.717, 1.165) is 17.7 Å². The number of nitrogens with two attached hydrogens (primary N) is 1. The minimum absolute atomic E-state index is 0.190. The molecule has 1 amide bonds. The molecule has 0 fully saturated rings. The van der Waals surface area contributed by atoms with Gasteiger partial charge in [0.2, 0.25) is 0 Å². The highest BCUT2D eigenvalue weighted by Gasteiger charge is 2.28. The smallest absolute Gasteiger partial charge is 0.261 e. The summed E-state index contributed by atoms with van der Waals surface area (Å²) < 4.78 is 0. The maximum Gasteiger partial charge on any atom is 0.261 e. The maximum atomic E-state index is 12.7. The second-order valence-electron chi connectivity index (χ2n) is 4.69. The van der Waals surface area contributed by atoms with E-state index < -0.39 is 0 Å². The number of amides is 1. The summed E-state index contributed by atoms with van der Waals surface area (Å²) in [5.74, 6) is -0.190. The molecule has 0 saturated heterocycles. The molecule has 0 atom stereocenters. The molecule has 2 N–H and O–H groups in total. The molecule has 0 unspecified atom stereocenters. The molecule has 20 heavy (non-hydrogen) atoms. The number of nitrogen functional groups attached to an aromatic ring is 1. The first kappa shape index (κ1) is 13.3. The summed E-state index contributed by atoms with van der Waals surface area (Å²) in [6.07, 6.45) is 0.809. The Hall–Kier alpha value is -1.71. The average Bonchev–Trinajstić information content (AvgIpc) is 2.81. The zero-order valence-corrected chi connectivity index (χ0v) is 12.1. The van der Waals surface area contributed by atoms with Crippen LogP contribution in [-0.4, -0.2) is 12.5 Å². The van der Waals surface area contributed by atoms with E-state index in [1.807, 2.05) is 18.2 Å². The number of fused-ring (bicyclic) bond motifs is 1. The van der Waals surface area contributed by atoms with Gasteiger partial charge in [0.15, 0.2) is 0 Å². The van der Waals surface area contributed by atoms with Crippen LogP contribution in [-0.2, 0) is 6.42 Å². The molecular formula is C15H12Cl2N2O. The first-order valence-corrected chi connectivity index (χ1v) is 6.98. The second-order valence-corrected chi connectivity index (χ2v) is 5.51. The van der Waals surface area contributed by atoms with Crippen LogP contribution in [0.3, 0.4) is 0 Å². The van der Waals surface area contributed by atoms with Crippen LogP contribution in [0.4, 0.5) is 11.4 Å². The third-order valence-electron chi connectivity index (χ3n) is 3.43. The Labute approximate surface area is 126 Å². The van der Waals surface area contributed by atoms with Crippen LogP contribution in [0.2, 0.25) is 10.0 Å². The summed E-state index contributed by atoms with van der Waals surface area (Å²) in [7, 11) is 0. The van der Waals surface area contributed by atoms with E-state index >= 15 is 0 Å². The number of rotatable bonds is 1. The standard InChI is InChI=1S/C15H12Cl2N2O/c16-11-2-1-3-12(17)14(11)15(20)19-7-6-9-4-5-10(18)8-13(9)19/h1-5,8H,6-7,18H2. The summed E-state index contributed by atoms with van der Waals surface area (Å²) in [6.45, 7) is 0.610. The monoisotopic (exact) mass is 306 g/mol. The van der Waals surface area contributed by atoms with E-state index in [9.17, 15) is 4.79 Å². The van der Waals surface area contributed by atoms with Gasteiger partial charge in [0.1, 0.15) is 0 Å². The molecule has 0 aromatic heterocycles. The van der Waals surface area contributed by atoms with Crippen molar-refractivity contribution >= 4 is 40.5 Å². The third kappa shape index (κ3) is 2.13. The van der Waals surface area contributed by atoms with E-state index in [4.69, 9.17) is 28.9 Å². The molecule has 102 valence electrons. The lowest BCUT2D eigenvalue weighted by atomic mass is 10.1. The van der Waals surface area contributed by atoms with Crippen molar-refractivity contribution in [3.63, 3.8) is 0 Å². The average molecular weight is 307 g/mol. The fourth-order valence-electron chi connectivity index (χ4n) is 2.44. The van der Waals surface area contributed by atoms with Crippen LogP contribution in [0.5, 0.6) is 0 Å². The van der Waals surface area contributed by atoms with Gasteiger partial charge in [0, 0.05) is 17.9 Å². The molecule has 0 bridgehead atoms. The highest BCUT2D eigenvalue weighted by atomic mass is 35.5. The van der Waals surface area contributed by atoms with Crippen LogP contribution in [0, 0.1) is 0 Å². The van der Waals surface area contributed by atoms with Gasteiger partial charge < -0.3 is 10.6 Å². The Morgan fingerprint density at radius 2 is 1.85 bits per heavy atom. The Morgan fingerprint density at radius 1 is 1.15 bits per heavy atom. The van der Waals surface area contributed by atoms with Crippen LogP contribution >= 0.6 is 23.2 Å². The summed E-state index contributed by atoms with van der Waals surface area (Å²) in [4.78, 5) is 14.4. The number of hydrogen-bond acceptors (Lipinski definition) is 2. The van der Waals surface area contributed by atoms with Gasteiger partial charge in [-0.05, 0) is 36.2 Å². The van der Waals surface area contributed by atoms with E-state index in [0.29, 0.717) is 27.8 Å².